The summed E-state index contributed by atoms with van der Waals surface area (Å²) in [6, 6.07) is 7.70. The first-order valence-corrected chi connectivity index (χ1v) is 9.34. The van der Waals surface area contributed by atoms with Crippen LogP contribution in [0.2, 0.25) is 0 Å². The number of carbonyl (C=O) groups is 1. The Bertz CT molecular complexity index is 739. The number of anilines is 2. The van der Waals surface area contributed by atoms with Gasteiger partial charge in [0.25, 0.3) is 5.91 Å². The summed E-state index contributed by atoms with van der Waals surface area (Å²) in [5.74, 6) is 1.68. The lowest BCUT2D eigenvalue weighted by atomic mass is 10.1. The van der Waals surface area contributed by atoms with Gasteiger partial charge in [0, 0.05) is 51.7 Å². The second-order valence-corrected chi connectivity index (χ2v) is 6.76. The molecule has 0 bridgehead atoms. The Morgan fingerprint density at radius 1 is 0.808 bits per heavy atom. The fraction of sp³-hybridized carbons (Fsp3) is 0.474. The standard InChI is InChI=1S/C19H24N6O/c26-18(24-10-4-1-5-11-24)16-7-9-21-19(22-16)25-14-12-23(13-15-25)17-6-2-3-8-20-17/h2-3,6-9H,1,4-5,10-15H2. The van der Waals surface area contributed by atoms with Crippen LogP contribution in [-0.2, 0) is 0 Å². The highest BCUT2D eigenvalue weighted by Gasteiger charge is 2.23. The van der Waals surface area contributed by atoms with Crippen LogP contribution in [0.4, 0.5) is 11.8 Å². The molecule has 0 aromatic carbocycles. The molecule has 0 spiro atoms. The molecule has 4 heterocycles. The molecule has 0 unspecified atom stereocenters. The summed E-state index contributed by atoms with van der Waals surface area (Å²) in [4.78, 5) is 32.4. The van der Waals surface area contributed by atoms with E-state index in [0.717, 1.165) is 57.9 Å². The summed E-state index contributed by atoms with van der Waals surface area (Å²) >= 11 is 0. The number of amides is 1. The number of piperidine rings is 1. The third-order valence-corrected chi connectivity index (χ3v) is 5.04. The topological polar surface area (TPSA) is 65.5 Å². The molecular formula is C19H24N6O. The Morgan fingerprint density at radius 2 is 1.58 bits per heavy atom. The molecule has 1 amide bonds. The van der Waals surface area contributed by atoms with Crippen LogP contribution in [0.1, 0.15) is 29.8 Å². The zero-order chi connectivity index (χ0) is 17.8. The van der Waals surface area contributed by atoms with Crippen molar-refractivity contribution in [1.29, 1.82) is 0 Å². The van der Waals surface area contributed by atoms with E-state index in [-0.39, 0.29) is 5.91 Å². The number of piperazine rings is 1. The molecule has 2 aromatic heterocycles. The number of aromatic nitrogens is 3. The van der Waals surface area contributed by atoms with E-state index in [2.05, 4.69) is 24.8 Å². The molecule has 0 aliphatic carbocycles. The zero-order valence-electron chi connectivity index (χ0n) is 14.9. The predicted molar refractivity (Wildman–Crippen MR) is 100 cm³/mol. The maximum Gasteiger partial charge on any atom is 0.272 e. The van der Waals surface area contributed by atoms with Crippen molar-refractivity contribution in [3.8, 4) is 0 Å². The first-order chi connectivity index (χ1) is 12.8. The lowest BCUT2D eigenvalue weighted by molar-refractivity contribution is 0.0718. The van der Waals surface area contributed by atoms with Gasteiger partial charge in [-0.15, -0.1) is 0 Å². The second kappa shape index (κ2) is 7.68. The fourth-order valence-corrected chi connectivity index (χ4v) is 3.56. The number of likely N-dealkylation sites (tertiary alicyclic amines) is 1. The Morgan fingerprint density at radius 3 is 2.31 bits per heavy atom. The highest BCUT2D eigenvalue weighted by Crippen LogP contribution is 2.17. The van der Waals surface area contributed by atoms with Crippen LogP contribution in [0.5, 0.6) is 0 Å². The van der Waals surface area contributed by atoms with Crippen molar-refractivity contribution in [2.24, 2.45) is 0 Å². The Balaban J connectivity index is 1.42. The van der Waals surface area contributed by atoms with Crippen molar-refractivity contribution in [2.45, 2.75) is 19.3 Å². The molecule has 0 radical (unpaired) electrons. The van der Waals surface area contributed by atoms with Gasteiger partial charge in [0.05, 0.1) is 0 Å². The molecule has 4 rings (SSSR count). The molecule has 0 saturated carbocycles. The molecule has 7 nitrogen and oxygen atoms in total. The first kappa shape index (κ1) is 16.8. The molecule has 136 valence electrons. The molecule has 7 heteroatoms. The van der Waals surface area contributed by atoms with E-state index in [1.807, 2.05) is 29.3 Å². The van der Waals surface area contributed by atoms with Crippen molar-refractivity contribution in [3.63, 3.8) is 0 Å². The fourth-order valence-electron chi connectivity index (χ4n) is 3.56. The van der Waals surface area contributed by atoms with Crippen LogP contribution >= 0.6 is 0 Å². The van der Waals surface area contributed by atoms with E-state index in [9.17, 15) is 4.79 Å². The van der Waals surface area contributed by atoms with Crippen molar-refractivity contribution >= 4 is 17.7 Å². The van der Waals surface area contributed by atoms with E-state index < -0.39 is 0 Å². The number of rotatable bonds is 3. The number of hydrogen-bond donors (Lipinski definition) is 0. The molecule has 0 N–H and O–H groups in total. The first-order valence-electron chi connectivity index (χ1n) is 9.34. The number of nitrogens with zero attached hydrogens (tertiary/aromatic N) is 6. The SMILES string of the molecule is O=C(c1ccnc(N2CCN(c3ccccn3)CC2)n1)N1CCCCC1. The molecule has 2 aliphatic rings. The summed E-state index contributed by atoms with van der Waals surface area (Å²) < 4.78 is 0. The Labute approximate surface area is 153 Å². The van der Waals surface area contributed by atoms with Crippen molar-refractivity contribution < 1.29 is 4.79 Å². The number of pyridine rings is 1. The lowest BCUT2D eigenvalue weighted by Crippen LogP contribution is -2.47. The molecule has 2 aromatic rings. The van der Waals surface area contributed by atoms with Gasteiger partial charge in [-0.25, -0.2) is 15.0 Å². The third-order valence-electron chi connectivity index (χ3n) is 5.04. The van der Waals surface area contributed by atoms with Gasteiger partial charge in [0.1, 0.15) is 11.5 Å². The van der Waals surface area contributed by atoms with Gasteiger partial charge < -0.3 is 14.7 Å². The molecule has 26 heavy (non-hydrogen) atoms. The molecule has 2 aliphatic heterocycles. The summed E-state index contributed by atoms with van der Waals surface area (Å²) in [5.41, 5.74) is 0.504. The quantitative estimate of drug-likeness (QED) is 0.840. The minimum absolute atomic E-state index is 0.0282. The average molecular weight is 352 g/mol. The van der Waals surface area contributed by atoms with Crippen molar-refractivity contribution in [3.05, 3.63) is 42.4 Å². The minimum Gasteiger partial charge on any atom is -0.353 e. The average Bonchev–Trinajstić information content (AvgIpc) is 2.75. The molecule has 0 atom stereocenters. The van der Waals surface area contributed by atoms with Gasteiger partial charge in [-0.1, -0.05) is 6.07 Å². The van der Waals surface area contributed by atoms with Crippen molar-refractivity contribution in [2.75, 3.05) is 49.1 Å². The largest absolute Gasteiger partial charge is 0.353 e. The van der Waals surface area contributed by atoms with Gasteiger partial charge in [0.15, 0.2) is 0 Å². The maximum atomic E-state index is 12.7. The van der Waals surface area contributed by atoms with E-state index in [0.29, 0.717) is 11.6 Å². The third kappa shape index (κ3) is 3.61. The van der Waals surface area contributed by atoms with Gasteiger partial charge in [-0.2, -0.15) is 0 Å². The zero-order valence-corrected chi connectivity index (χ0v) is 14.9. The van der Waals surface area contributed by atoms with Crippen LogP contribution in [0.25, 0.3) is 0 Å². The van der Waals surface area contributed by atoms with E-state index in [1.165, 1.54) is 6.42 Å². The maximum absolute atomic E-state index is 12.7. The Hall–Kier alpha value is -2.70. The summed E-state index contributed by atoms with van der Waals surface area (Å²) in [6.07, 6.45) is 6.89. The number of hydrogen-bond acceptors (Lipinski definition) is 6. The molecule has 2 fully saturated rings. The van der Waals surface area contributed by atoms with Crippen LogP contribution < -0.4 is 9.80 Å². The van der Waals surface area contributed by atoms with Gasteiger partial charge >= 0.3 is 0 Å². The van der Waals surface area contributed by atoms with E-state index in [1.54, 1.807) is 12.3 Å². The van der Waals surface area contributed by atoms with Gasteiger partial charge in [-0.3, -0.25) is 4.79 Å². The number of carbonyl (C=O) groups excluding carboxylic acids is 1. The summed E-state index contributed by atoms with van der Waals surface area (Å²) in [7, 11) is 0. The van der Waals surface area contributed by atoms with Crippen LogP contribution in [0, 0.1) is 0 Å². The predicted octanol–water partition coefficient (Wildman–Crippen LogP) is 1.82. The van der Waals surface area contributed by atoms with Crippen LogP contribution in [0.3, 0.4) is 0 Å². The van der Waals surface area contributed by atoms with E-state index >= 15 is 0 Å². The highest BCUT2D eigenvalue weighted by molar-refractivity contribution is 5.92. The lowest BCUT2D eigenvalue weighted by Gasteiger charge is -2.35. The van der Waals surface area contributed by atoms with Crippen LogP contribution in [0.15, 0.2) is 36.7 Å². The Kier molecular flexibility index (Phi) is 4.95. The smallest absolute Gasteiger partial charge is 0.272 e. The molecular weight excluding hydrogens is 328 g/mol. The monoisotopic (exact) mass is 352 g/mol. The molecule has 2 saturated heterocycles. The van der Waals surface area contributed by atoms with Gasteiger partial charge in [0.2, 0.25) is 5.95 Å². The van der Waals surface area contributed by atoms with E-state index in [4.69, 9.17) is 0 Å². The van der Waals surface area contributed by atoms with Crippen molar-refractivity contribution in [1.82, 2.24) is 19.9 Å². The highest BCUT2D eigenvalue weighted by atomic mass is 16.2. The second-order valence-electron chi connectivity index (χ2n) is 6.76. The summed E-state index contributed by atoms with van der Waals surface area (Å²) in [5, 5.41) is 0. The normalized spacial score (nSPS) is 18.1. The van der Waals surface area contributed by atoms with Gasteiger partial charge in [-0.05, 0) is 37.5 Å². The minimum atomic E-state index is 0.0282. The summed E-state index contributed by atoms with van der Waals surface area (Å²) in [6.45, 7) is 5.03. The van der Waals surface area contributed by atoms with Crippen LogP contribution in [-0.4, -0.2) is 65.0 Å².